The fourth-order valence-electron chi connectivity index (χ4n) is 3.61. The van der Waals surface area contributed by atoms with Gasteiger partial charge in [0.25, 0.3) is 0 Å². The third-order valence-corrected chi connectivity index (χ3v) is 5.28. The molecule has 3 heterocycles. The van der Waals surface area contributed by atoms with E-state index < -0.39 is 0 Å². The average Bonchev–Trinajstić information content (AvgIpc) is 3.27. The number of aromatic nitrogens is 3. The highest BCUT2D eigenvalue weighted by Crippen LogP contribution is 2.41. The SMILES string of the molecule is COC(=O)CCCCCNc1ncnc2oc(-c3ccccc3)c(-c3ccc(C=O)cn3)c12. The third kappa shape index (κ3) is 5.06. The molecule has 0 amide bonds. The van der Waals surface area contributed by atoms with Crippen LogP contribution >= 0.6 is 0 Å². The summed E-state index contributed by atoms with van der Waals surface area (Å²) in [5, 5.41) is 4.11. The first-order valence-corrected chi connectivity index (χ1v) is 10.8. The van der Waals surface area contributed by atoms with Crippen LogP contribution in [0.3, 0.4) is 0 Å². The number of nitrogens with one attached hydrogen (secondary N) is 1. The molecule has 0 aliphatic heterocycles. The number of pyridine rings is 1. The zero-order valence-corrected chi connectivity index (χ0v) is 18.3. The van der Waals surface area contributed by atoms with Crippen LogP contribution < -0.4 is 5.32 Å². The number of carbonyl (C=O) groups is 2. The number of fused-ring (bicyclic) bond motifs is 1. The molecule has 0 saturated carbocycles. The molecular formula is C25H24N4O4. The summed E-state index contributed by atoms with van der Waals surface area (Å²) in [6.45, 7) is 0.677. The second-order valence-corrected chi connectivity index (χ2v) is 7.48. The monoisotopic (exact) mass is 444 g/mol. The smallest absolute Gasteiger partial charge is 0.305 e. The van der Waals surface area contributed by atoms with Crippen LogP contribution in [0.5, 0.6) is 0 Å². The molecule has 0 spiro atoms. The van der Waals surface area contributed by atoms with Crippen LogP contribution in [0.2, 0.25) is 0 Å². The number of hydrogen-bond acceptors (Lipinski definition) is 8. The summed E-state index contributed by atoms with van der Waals surface area (Å²) >= 11 is 0. The molecule has 3 aromatic heterocycles. The van der Waals surface area contributed by atoms with E-state index in [1.54, 1.807) is 12.1 Å². The van der Waals surface area contributed by atoms with E-state index in [0.717, 1.165) is 42.1 Å². The fraction of sp³-hybridized carbons (Fsp3) is 0.240. The number of ether oxygens (including phenoxy) is 1. The van der Waals surface area contributed by atoms with Crippen molar-refractivity contribution in [1.29, 1.82) is 0 Å². The van der Waals surface area contributed by atoms with Crippen molar-refractivity contribution in [3.8, 4) is 22.6 Å². The first-order valence-electron chi connectivity index (χ1n) is 10.8. The van der Waals surface area contributed by atoms with Crippen molar-refractivity contribution in [2.45, 2.75) is 25.7 Å². The minimum Gasteiger partial charge on any atom is -0.469 e. The second-order valence-electron chi connectivity index (χ2n) is 7.48. The largest absolute Gasteiger partial charge is 0.469 e. The van der Waals surface area contributed by atoms with E-state index in [4.69, 9.17) is 4.42 Å². The third-order valence-electron chi connectivity index (χ3n) is 5.28. The molecular weight excluding hydrogens is 420 g/mol. The number of aldehydes is 1. The maximum absolute atomic E-state index is 11.3. The first-order chi connectivity index (χ1) is 16.2. The van der Waals surface area contributed by atoms with Gasteiger partial charge in [-0.1, -0.05) is 36.8 Å². The van der Waals surface area contributed by atoms with Crippen LogP contribution in [-0.2, 0) is 9.53 Å². The minimum absolute atomic E-state index is 0.190. The zero-order valence-electron chi connectivity index (χ0n) is 18.3. The molecule has 0 fully saturated rings. The van der Waals surface area contributed by atoms with Crippen molar-refractivity contribution >= 4 is 29.2 Å². The molecule has 0 aliphatic carbocycles. The van der Waals surface area contributed by atoms with Gasteiger partial charge in [-0.3, -0.25) is 14.6 Å². The van der Waals surface area contributed by atoms with Crippen LogP contribution in [0.1, 0.15) is 36.0 Å². The quantitative estimate of drug-likeness (QED) is 0.209. The molecule has 0 atom stereocenters. The molecule has 0 saturated heterocycles. The van der Waals surface area contributed by atoms with E-state index in [2.05, 4.69) is 25.0 Å². The molecule has 4 rings (SSSR count). The summed E-state index contributed by atoms with van der Waals surface area (Å²) in [4.78, 5) is 35.6. The van der Waals surface area contributed by atoms with Crippen molar-refractivity contribution < 1.29 is 18.7 Å². The fourth-order valence-corrected chi connectivity index (χ4v) is 3.61. The molecule has 33 heavy (non-hydrogen) atoms. The molecule has 1 aromatic carbocycles. The number of furan rings is 1. The maximum atomic E-state index is 11.3. The minimum atomic E-state index is -0.190. The Bertz CT molecular complexity index is 1240. The number of rotatable bonds is 10. The lowest BCUT2D eigenvalue weighted by molar-refractivity contribution is -0.140. The van der Waals surface area contributed by atoms with Crippen LogP contribution in [0.4, 0.5) is 5.82 Å². The van der Waals surface area contributed by atoms with Crippen LogP contribution in [0, 0.1) is 0 Å². The van der Waals surface area contributed by atoms with Gasteiger partial charge < -0.3 is 14.5 Å². The van der Waals surface area contributed by atoms with Crippen molar-refractivity contribution in [3.05, 3.63) is 60.6 Å². The Morgan fingerprint density at radius 3 is 2.64 bits per heavy atom. The van der Waals surface area contributed by atoms with Crippen molar-refractivity contribution in [2.75, 3.05) is 19.0 Å². The second kappa shape index (κ2) is 10.5. The van der Waals surface area contributed by atoms with Crippen LogP contribution in [-0.4, -0.2) is 40.9 Å². The summed E-state index contributed by atoms with van der Waals surface area (Å²) in [5.41, 5.74) is 3.26. The van der Waals surface area contributed by atoms with E-state index in [1.807, 2.05) is 30.3 Å². The Morgan fingerprint density at radius 2 is 1.91 bits per heavy atom. The maximum Gasteiger partial charge on any atom is 0.305 e. The van der Waals surface area contributed by atoms with Gasteiger partial charge in [0.05, 0.1) is 23.8 Å². The molecule has 8 nitrogen and oxygen atoms in total. The Morgan fingerprint density at radius 1 is 1.06 bits per heavy atom. The molecule has 0 unspecified atom stereocenters. The van der Waals surface area contributed by atoms with Gasteiger partial charge in [-0.05, 0) is 25.0 Å². The van der Waals surface area contributed by atoms with Gasteiger partial charge >= 0.3 is 5.97 Å². The van der Waals surface area contributed by atoms with E-state index in [-0.39, 0.29) is 5.97 Å². The normalized spacial score (nSPS) is 10.8. The molecule has 0 bridgehead atoms. The van der Waals surface area contributed by atoms with E-state index >= 15 is 0 Å². The number of anilines is 1. The first kappa shape index (κ1) is 22.1. The molecule has 0 aliphatic rings. The predicted octanol–water partition coefficient (Wildman–Crippen LogP) is 4.91. The Hall–Kier alpha value is -4.07. The number of methoxy groups -OCH3 is 1. The van der Waals surface area contributed by atoms with E-state index in [1.165, 1.54) is 19.6 Å². The average molecular weight is 444 g/mol. The Labute approximate surface area is 191 Å². The van der Waals surface area contributed by atoms with E-state index in [0.29, 0.717) is 41.5 Å². The number of hydrogen-bond donors (Lipinski definition) is 1. The van der Waals surface area contributed by atoms with Gasteiger partial charge in [0, 0.05) is 30.3 Å². The van der Waals surface area contributed by atoms with Gasteiger partial charge in [0.15, 0.2) is 6.29 Å². The Kier molecular flexibility index (Phi) is 7.04. The predicted molar refractivity (Wildman–Crippen MR) is 125 cm³/mol. The summed E-state index contributed by atoms with van der Waals surface area (Å²) in [7, 11) is 1.40. The highest BCUT2D eigenvalue weighted by Gasteiger charge is 2.22. The lowest BCUT2D eigenvalue weighted by atomic mass is 10.0. The molecule has 1 N–H and O–H groups in total. The lowest BCUT2D eigenvalue weighted by Crippen LogP contribution is -2.05. The van der Waals surface area contributed by atoms with Crippen LogP contribution in [0.15, 0.2) is 59.4 Å². The molecule has 168 valence electrons. The summed E-state index contributed by atoms with van der Waals surface area (Å²) in [6.07, 6.45) is 6.71. The molecule has 0 radical (unpaired) electrons. The topological polar surface area (TPSA) is 107 Å². The van der Waals surface area contributed by atoms with Gasteiger partial charge in [-0.25, -0.2) is 9.97 Å². The lowest BCUT2D eigenvalue weighted by Gasteiger charge is -2.08. The van der Waals surface area contributed by atoms with Crippen molar-refractivity contribution in [1.82, 2.24) is 15.0 Å². The van der Waals surface area contributed by atoms with Gasteiger partial charge in [-0.15, -0.1) is 0 Å². The highest BCUT2D eigenvalue weighted by atomic mass is 16.5. The molecule has 4 aromatic rings. The summed E-state index contributed by atoms with van der Waals surface area (Å²) < 4.78 is 10.8. The number of nitrogens with zero attached hydrogens (tertiary/aromatic N) is 3. The molecule has 8 heteroatoms. The number of esters is 1. The Balaban J connectivity index is 1.66. The van der Waals surface area contributed by atoms with Gasteiger partial charge in [0.1, 0.15) is 17.9 Å². The highest BCUT2D eigenvalue weighted by molar-refractivity contribution is 6.05. The van der Waals surface area contributed by atoms with Crippen molar-refractivity contribution in [2.24, 2.45) is 0 Å². The van der Waals surface area contributed by atoms with Crippen LogP contribution in [0.25, 0.3) is 33.7 Å². The number of carbonyl (C=O) groups excluding carboxylic acids is 2. The van der Waals surface area contributed by atoms with E-state index in [9.17, 15) is 9.59 Å². The standard InChI is InChI=1S/C25H24N4O4/c1-32-20(31)10-6-3-7-13-26-24-22-21(19-12-11-17(15-30)14-27-19)23(18-8-4-2-5-9-18)33-25(22)29-16-28-24/h2,4-5,8-9,11-12,14-16H,3,6-7,10,13H2,1H3,(H,26,28,29). The number of unbranched alkanes of at least 4 members (excludes halogenated alkanes) is 2. The van der Waals surface area contributed by atoms with Gasteiger partial charge in [-0.2, -0.15) is 0 Å². The number of benzene rings is 1. The summed E-state index contributed by atoms with van der Waals surface area (Å²) in [5.74, 6) is 1.10. The van der Waals surface area contributed by atoms with Crippen molar-refractivity contribution in [3.63, 3.8) is 0 Å². The van der Waals surface area contributed by atoms with Gasteiger partial charge in [0.2, 0.25) is 5.71 Å². The summed E-state index contributed by atoms with van der Waals surface area (Å²) in [6, 6.07) is 13.3. The zero-order chi connectivity index (χ0) is 23.0.